The molecule has 0 radical (unpaired) electrons. The highest BCUT2D eigenvalue weighted by Gasteiger charge is 2.11. The highest BCUT2D eigenvalue weighted by molar-refractivity contribution is 5.99. The smallest absolute Gasteiger partial charge is 0.323 e. The molecule has 0 spiro atoms. The van der Waals surface area contributed by atoms with Gasteiger partial charge in [0, 0.05) is 49.4 Å². The molecule has 0 unspecified atom stereocenters. The van der Waals surface area contributed by atoms with Crippen molar-refractivity contribution in [1.29, 1.82) is 0 Å². The monoisotopic (exact) mass is 490 g/mol. The largest absolute Gasteiger partial charge is 0.457 e. The van der Waals surface area contributed by atoms with Crippen LogP contribution in [0, 0.1) is 5.82 Å². The molecule has 3 heterocycles. The lowest BCUT2D eigenvalue weighted by molar-refractivity contribution is 0.262. The van der Waals surface area contributed by atoms with Gasteiger partial charge in [0.1, 0.15) is 17.3 Å². The van der Waals surface area contributed by atoms with Crippen LogP contribution in [0.4, 0.5) is 20.6 Å². The second-order valence-corrected chi connectivity index (χ2v) is 8.43. The molecule has 0 bridgehead atoms. The zero-order valence-corrected chi connectivity index (χ0v) is 20.0. The minimum atomic E-state index is -0.642. The van der Waals surface area contributed by atoms with E-state index in [9.17, 15) is 9.18 Å². The summed E-state index contributed by atoms with van der Waals surface area (Å²) in [4.78, 5) is 20.8. The molecule has 0 aliphatic heterocycles. The first-order valence-corrected chi connectivity index (χ1v) is 11.5. The summed E-state index contributed by atoms with van der Waals surface area (Å²) in [6, 6.07) is 8.83. The van der Waals surface area contributed by atoms with Gasteiger partial charge in [0.05, 0.1) is 29.5 Å². The molecule has 2 amide bonds. The Bertz CT molecular complexity index is 1340. The molecule has 4 rings (SSSR count). The van der Waals surface area contributed by atoms with Crippen LogP contribution < -0.4 is 15.4 Å². The molecule has 1 aromatic carbocycles. The van der Waals surface area contributed by atoms with E-state index in [1.54, 1.807) is 41.5 Å². The maximum Gasteiger partial charge on any atom is 0.323 e. The van der Waals surface area contributed by atoms with Gasteiger partial charge in [0.25, 0.3) is 0 Å². The first kappa shape index (κ1) is 24.8. The SMILES string of the molecule is CC(C)c1cncc(NC(=O)Nc2ccc(Oc3ccnc(-c4cnn(CCCO)c4)c3)cc2F)c1. The van der Waals surface area contributed by atoms with E-state index < -0.39 is 11.8 Å². The number of carbonyl (C=O) groups is 1. The third-order valence-corrected chi connectivity index (χ3v) is 5.31. The van der Waals surface area contributed by atoms with Crippen LogP contribution in [0.3, 0.4) is 0 Å². The number of hydrogen-bond donors (Lipinski definition) is 3. The van der Waals surface area contributed by atoms with E-state index in [4.69, 9.17) is 9.84 Å². The average molecular weight is 491 g/mol. The summed E-state index contributed by atoms with van der Waals surface area (Å²) >= 11 is 0. The van der Waals surface area contributed by atoms with Gasteiger partial charge in [0.15, 0.2) is 0 Å². The van der Waals surface area contributed by atoms with E-state index in [1.807, 2.05) is 26.1 Å². The molecule has 0 saturated heterocycles. The summed E-state index contributed by atoms with van der Waals surface area (Å²) in [6.07, 6.45) is 8.99. The fourth-order valence-electron chi connectivity index (χ4n) is 3.41. The van der Waals surface area contributed by atoms with Gasteiger partial charge in [0.2, 0.25) is 0 Å². The van der Waals surface area contributed by atoms with Crippen LogP contribution in [0.25, 0.3) is 11.3 Å². The van der Waals surface area contributed by atoms with Crippen molar-refractivity contribution in [2.75, 3.05) is 17.2 Å². The molecule has 4 aromatic rings. The summed E-state index contributed by atoms with van der Waals surface area (Å²) in [6.45, 7) is 4.75. The van der Waals surface area contributed by atoms with Gasteiger partial charge in [-0.1, -0.05) is 13.8 Å². The molecule has 0 aliphatic carbocycles. The predicted molar refractivity (Wildman–Crippen MR) is 135 cm³/mol. The number of hydrogen-bond acceptors (Lipinski definition) is 6. The van der Waals surface area contributed by atoms with Gasteiger partial charge in [-0.25, -0.2) is 9.18 Å². The molecule has 9 nitrogen and oxygen atoms in total. The number of anilines is 2. The maximum atomic E-state index is 14.7. The van der Waals surface area contributed by atoms with Gasteiger partial charge in [-0.15, -0.1) is 0 Å². The van der Waals surface area contributed by atoms with Gasteiger partial charge >= 0.3 is 6.03 Å². The third kappa shape index (κ3) is 6.42. The van der Waals surface area contributed by atoms with Gasteiger partial charge in [-0.2, -0.15) is 5.10 Å². The normalized spacial score (nSPS) is 10.9. The number of carbonyl (C=O) groups excluding carboxylic acids is 1. The number of aliphatic hydroxyl groups excluding tert-OH is 1. The van der Waals surface area contributed by atoms with E-state index in [0.29, 0.717) is 30.1 Å². The van der Waals surface area contributed by atoms with Crippen molar-refractivity contribution in [3.63, 3.8) is 0 Å². The molecule has 0 aliphatic rings. The van der Waals surface area contributed by atoms with Crippen LogP contribution in [-0.2, 0) is 6.54 Å². The Labute approximate surface area is 208 Å². The second-order valence-electron chi connectivity index (χ2n) is 8.43. The number of urea groups is 1. The average Bonchev–Trinajstić information content (AvgIpc) is 3.34. The highest BCUT2D eigenvalue weighted by Crippen LogP contribution is 2.28. The van der Waals surface area contributed by atoms with Crippen molar-refractivity contribution in [3.8, 4) is 22.8 Å². The molecular weight excluding hydrogens is 463 g/mol. The van der Waals surface area contributed by atoms with Crippen LogP contribution in [0.2, 0.25) is 0 Å². The molecule has 3 N–H and O–H groups in total. The van der Waals surface area contributed by atoms with E-state index >= 15 is 0 Å². The number of rotatable bonds is 9. The van der Waals surface area contributed by atoms with Crippen LogP contribution >= 0.6 is 0 Å². The summed E-state index contributed by atoms with van der Waals surface area (Å²) in [5.74, 6) is 0.357. The molecule has 0 fully saturated rings. The first-order valence-electron chi connectivity index (χ1n) is 11.5. The Balaban J connectivity index is 1.40. The quantitative estimate of drug-likeness (QED) is 0.289. The number of pyridine rings is 2. The number of benzene rings is 1. The van der Waals surface area contributed by atoms with E-state index in [-0.39, 0.29) is 24.0 Å². The minimum Gasteiger partial charge on any atom is -0.457 e. The van der Waals surface area contributed by atoms with E-state index in [0.717, 1.165) is 11.1 Å². The number of amides is 2. The molecule has 0 atom stereocenters. The topological polar surface area (TPSA) is 114 Å². The number of aliphatic hydroxyl groups is 1. The molecule has 0 saturated carbocycles. The van der Waals surface area contributed by atoms with Crippen LogP contribution in [-0.4, -0.2) is 37.5 Å². The molecule has 3 aromatic heterocycles. The highest BCUT2D eigenvalue weighted by atomic mass is 19.1. The first-order chi connectivity index (χ1) is 17.4. The Morgan fingerprint density at radius 3 is 2.72 bits per heavy atom. The lowest BCUT2D eigenvalue weighted by Gasteiger charge is -2.12. The maximum absolute atomic E-state index is 14.7. The standard InChI is InChI=1S/C26H27FN6O3/c1-17(2)18-10-20(15-28-13-18)31-26(35)32-24-5-4-21(11-23(24)27)36-22-6-7-29-25(12-22)19-14-30-33(16-19)8-3-9-34/h4-7,10-17,34H,3,8-9H2,1-2H3,(H2,31,32,35). The van der Waals surface area contributed by atoms with Crippen molar-refractivity contribution >= 4 is 17.4 Å². The van der Waals surface area contributed by atoms with Crippen molar-refractivity contribution < 1.29 is 19.0 Å². The number of aromatic nitrogens is 4. The fraction of sp³-hybridized carbons (Fsp3) is 0.231. The number of ether oxygens (including phenoxy) is 1. The minimum absolute atomic E-state index is 0.0125. The number of nitrogens with one attached hydrogen (secondary N) is 2. The third-order valence-electron chi connectivity index (χ3n) is 5.31. The molecule has 10 heteroatoms. The Kier molecular flexibility index (Phi) is 7.86. The number of aryl methyl sites for hydroxylation is 1. The van der Waals surface area contributed by atoms with Crippen molar-refractivity contribution in [2.24, 2.45) is 0 Å². The second kappa shape index (κ2) is 11.4. The van der Waals surface area contributed by atoms with Crippen LogP contribution in [0.5, 0.6) is 11.5 Å². The van der Waals surface area contributed by atoms with E-state index in [1.165, 1.54) is 18.3 Å². The summed E-state index contributed by atoms with van der Waals surface area (Å²) in [5.41, 5.74) is 2.96. The Morgan fingerprint density at radius 2 is 1.94 bits per heavy atom. The molecule has 186 valence electrons. The van der Waals surface area contributed by atoms with Crippen molar-refractivity contribution in [1.82, 2.24) is 19.7 Å². The predicted octanol–water partition coefficient (Wildman–Crippen LogP) is 5.42. The van der Waals surface area contributed by atoms with Gasteiger partial charge in [-0.3, -0.25) is 14.6 Å². The summed E-state index contributed by atoms with van der Waals surface area (Å²) < 4.78 is 22.2. The lowest BCUT2D eigenvalue weighted by atomic mass is 10.1. The number of halogens is 1. The van der Waals surface area contributed by atoms with Crippen LogP contribution in [0.15, 0.2) is 67.4 Å². The Morgan fingerprint density at radius 1 is 1.11 bits per heavy atom. The summed E-state index contributed by atoms with van der Waals surface area (Å²) in [7, 11) is 0. The molecule has 36 heavy (non-hydrogen) atoms. The van der Waals surface area contributed by atoms with Crippen LogP contribution in [0.1, 0.15) is 31.7 Å². The fourth-order valence-corrected chi connectivity index (χ4v) is 3.41. The lowest BCUT2D eigenvalue weighted by Crippen LogP contribution is -2.20. The number of nitrogens with zero attached hydrogens (tertiary/aromatic N) is 4. The van der Waals surface area contributed by atoms with Gasteiger partial charge in [-0.05, 0) is 42.2 Å². The summed E-state index contributed by atoms with van der Waals surface area (Å²) in [5, 5.41) is 18.4. The van der Waals surface area contributed by atoms with E-state index in [2.05, 4.69) is 25.7 Å². The van der Waals surface area contributed by atoms with Gasteiger partial charge < -0.3 is 20.5 Å². The van der Waals surface area contributed by atoms with Crippen molar-refractivity contribution in [3.05, 3.63) is 78.8 Å². The molecular formula is C26H27FN6O3. The van der Waals surface area contributed by atoms with Crippen molar-refractivity contribution in [2.45, 2.75) is 32.7 Å². The zero-order valence-electron chi connectivity index (χ0n) is 20.0. The Hall–Kier alpha value is -4.31. The zero-order chi connectivity index (χ0) is 25.5.